The van der Waals surface area contributed by atoms with Crippen LogP contribution in [0, 0.1) is 10.1 Å². The summed E-state index contributed by atoms with van der Waals surface area (Å²) in [6, 6.07) is 0.119. The Labute approximate surface area is 102 Å². The van der Waals surface area contributed by atoms with Gasteiger partial charge in [0.15, 0.2) is 0 Å². The van der Waals surface area contributed by atoms with E-state index in [0.29, 0.717) is 13.2 Å². The van der Waals surface area contributed by atoms with Gasteiger partial charge >= 0.3 is 5.69 Å². The molecular formula is C9H11ClN4O3. The highest BCUT2D eigenvalue weighted by molar-refractivity contribution is 6.31. The zero-order valence-corrected chi connectivity index (χ0v) is 9.68. The maximum Gasteiger partial charge on any atom is 0.348 e. The molecule has 92 valence electrons. The zero-order chi connectivity index (χ0) is 12.3. The topological polar surface area (TPSA) is 90.2 Å². The van der Waals surface area contributed by atoms with Crippen molar-refractivity contribution < 1.29 is 9.66 Å². The molecule has 0 atom stereocenters. The minimum atomic E-state index is -0.579. The number of anilines is 1. The maximum atomic E-state index is 10.9. The molecule has 0 aliphatic carbocycles. The molecule has 0 saturated carbocycles. The second kappa shape index (κ2) is 5.24. The molecule has 0 radical (unpaired) electrons. The third kappa shape index (κ3) is 2.80. The summed E-state index contributed by atoms with van der Waals surface area (Å²) in [6.45, 7) is 1.29. The summed E-state index contributed by atoms with van der Waals surface area (Å²) in [4.78, 5) is 17.7. The standard InChI is InChI=1S/C9H11ClN4O3/c10-8-7(14(15)16)9(12-5-11-8)13-6-1-3-17-4-2-6/h5-6H,1-4H2,(H,11,12,13). The molecule has 1 aromatic rings. The van der Waals surface area contributed by atoms with Crippen LogP contribution in [0.25, 0.3) is 0 Å². The highest BCUT2D eigenvalue weighted by Gasteiger charge is 2.24. The lowest BCUT2D eigenvalue weighted by Gasteiger charge is -2.23. The van der Waals surface area contributed by atoms with Crippen LogP contribution < -0.4 is 5.32 Å². The molecule has 0 aromatic carbocycles. The van der Waals surface area contributed by atoms with E-state index in [-0.39, 0.29) is 22.7 Å². The number of nitro groups is 1. The molecule has 1 fully saturated rings. The van der Waals surface area contributed by atoms with Crippen molar-refractivity contribution in [3.8, 4) is 0 Å². The number of nitrogens with zero attached hydrogens (tertiary/aromatic N) is 3. The average molecular weight is 259 g/mol. The van der Waals surface area contributed by atoms with Crippen LogP contribution in [0.1, 0.15) is 12.8 Å². The molecule has 1 aliphatic heterocycles. The van der Waals surface area contributed by atoms with Gasteiger partial charge < -0.3 is 10.1 Å². The van der Waals surface area contributed by atoms with Crippen molar-refractivity contribution in [1.82, 2.24) is 9.97 Å². The van der Waals surface area contributed by atoms with Crippen molar-refractivity contribution >= 4 is 23.1 Å². The largest absolute Gasteiger partial charge is 0.381 e. The summed E-state index contributed by atoms with van der Waals surface area (Å²) < 4.78 is 5.21. The summed E-state index contributed by atoms with van der Waals surface area (Å²) in [6.07, 6.45) is 2.79. The Morgan fingerprint density at radius 2 is 2.18 bits per heavy atom. The molecule has 17 heavy (non-hydrogen) atoms. The number of nitrogens with one attached hydrogen (secondary N) is 1. The Morgan fingerprint density at radius 3 is 2.82 bits per heavy atom. The molecule has 1 N–H and O–H groups in total. The van der Waals surface area contributed by atoms with Gasteiger partial charge in [-0.1, -0.05) is 11.6 Å². The van der Waals surface area contributed by atoms with Gasteiger partial charge in [0.25, 0.3) is 0 Å². The van der Waals surface area contributed by atoms with Crippen molar-refractivity contribution in [1.29, 1.82) is 0 Å². The first-order chi connectivity index (χ1) is 8.18. The molecule has 0 spiro atoms. The summed E-state index contributed by atoms with van der Waals surface area (Å²) in [7, 11) is 0. The Morgan fingerprint density at radius 1 is 1.47 bits per heavy atom. The SMILES string of the molecule is O=[N+]([O-])c1c(Cl)ncnc1NC1CCOCC1. The van der Waals surface area contributed by atoms with E-state index >= 15 is 0 Å². The fourth-order valence-corrected chi connectivity index (χ4v) is 1.86. The molecule has 8 heteroatoms. The van der Waals surface area contributed by atoms with Gasteiger partial charge in [0.05, 0.1) is 4.92 Å². The van der Waals surface area contributed by atoms with Crippen LogP contribution >= 0.6 is 11.6 Å². The van der Waals surface area contributed by atoms with Crippen molar-refractivity contribution in [2.75, 3.05) is 18.5 Å². The second-order valence-corrected chi connectivity index (χ2v) is 4.01. The minimum absolute atomic E-state index is 0.119. The third-order valence-electron chi connectivity index (χ3n) is 2.52. The summed E-state index contributed by atoms with van der Waals surface area (Å²) in [5.74, 6) is 0.168. The molecule has 2 heterocycles. The molecule has 1 aromatic heterocycles. The summed E-state index contributed by atoms with van der Waals surface area (Å²) in [5.41, 5.74) is -0.277. The average Bonchev–Trinajstić information content (AvgIpc) is 2.30. The lowest BCUT2D eigenvalue weighted by molar-refractivity contribution is -0.384. The van der Waals surface area contributed by atoms with Gasteiger partial charge in [-0.05, 0) is 12.8 Å². The predicted octanol–water partition coefficient (Wildman–Crippen LogP) is 1.63. The van der Waals surface area contributed by atoms with Crippen LogP contribution in [0.4, 0.5) is 11.5 Å². The zero-order valence-electron chi connectivity index (χ0n) is 8.93. The molecule has 2 rings (SSSR count). The van der Waals surface area contributed by atoms with Gasteiger partial charge in [0.1, 0.15) is 6.33 Å². The van der Waals surface area contributed by atoms with E-state index in [4.69, 9.17) is 16.3 Å². The van der Waals surface area contributed by atoms with Gasteiger partial charge in [-0.3, -0.25) is 10.1 Å². The van der Waals surface area contributed by atoms with Gasteiger partial charge in [0, 0.05) is 19.3 Å². The van der Waals surface area contributed by atoms with Crippen LogP contribution in [0.5, 0.6) is 0 Å². The van der Waals surface area contributed by atoms with E-state index in [1.165, 1.54) is 6.33 Å². The van der Waals surface area contributed by atoms with E-state index in [0.717, 1.165) is 12.8 Å². The van der Waals surface area contributed by atoms with E-state index in [9.17, 15) is 10.1 Å². The Kier molecular flexibility index (Phi) is 3.70. The van der Waals surface area contributed by atoms with E-state index in [1.54, 1.807) is 0 Å². The number of halogens is 1. The van der Waals surface area contributed by atoms with Crippen molar-refractivity contribution in [3.05, 3.63) is 21.6 Å². The first-order valence-corrected chi connectivity index (χ1v) is 5.55. The van der Waals surface area contributed by atoms with Crippen LogP contribution in [0.15, 0.2) is 6.33 Å². The molecule has 0 amide bonds. The molecule has 0 bridgehead atoms. The Hall–Kier alpha value is -1.47. The van der Waals surface area contributed by atoms with Crippen LogP contribution in [0.2, 0.25) is 5.15 Å². The number of hydrogen-bond acceptors (Lipinski definition) is 6. The van der Waals surface area contributed by atoms with Crippen LogP contribution in [0.3, 0.4) is 0 Å². The first-order valence-electron chi connectivity index (χ1n) is 5.17. The minimum Gasteiger partial charge on any atom is -0.381 e. The molecule has 0 unspecified atom stereocenters. The van der Waals surface area contributed by atoms with Gasteiger partial charge in [-0.15, -0.1) is 0 Å². The normalized spacial score (nSPS) is 16.8. The molecule has 7 nitrogen and oxygen atoms in total. The van der Waals surface area contributed by atoms with Crippen molar-refractivity contribution in [2.45, 2.75) is 18.9 Å². The Bertz CT molecular complexity index is 423. The van der Waals surface area contributed by atoms with Crippen LogP contribution in [-0.2, 0) is 4.74 Å². The van der Waals surface area contributed by atoms with E-state index in [1.807, 2.05) is 0 Å². The smallest absolute Gasteiger partial charge is 0.348 e. The molecule has 1 aliphatic rings. The van der Waals surface area contributed by atoms with Gasteiger partial charge in [0.2, 0.25) is 11.0 Å². The lowest BCUT2D eigenvalue weighted by atomic mass is 10.1. The lowest BCUT2D eigenvalue weighted by Crippen LogP contribution is -2.28. The number of rotatable bonds is 3. The molecule has 1 saturated heterocycles. The highest BCUT2D eigenvalue weighted by atomic mass is 35.5. The Balaban J connectivity index is 2.19. The van der Waals surface area contributed by atoms with Gasteiger partial charge in [-0.2, -0.15) is 0 Å². The predicted molar refractivity (Wildman–Crippen MR) is 61.2 cm³/mol. The quantitative estimate of drug-likeness (QED) is 0.503. The van der Waals surface area contributed by atoms with Crippen LogP contribution in [-0.4, -0.2) is 34.1 Å². The maximum absolute atomic E-state index is 10.9. The summed E-state index contributed by atoms with van der Waals surface area (Å²) >= 11 is 5.68. The highest BCUT2D eigenvalue weighted by Crippen LogP contribution is 2.29. The second-order valence-electron chi connectivity index (χ2n) is 3.65. The number of ether oxygens (including phenoxy) is 1. The van der Waals surface area contributed by atoms with E-state index in [2.05, 4.69) is 15.3 Å². The van der Waals surface area contributed by atoms with E-state index < -0.39 is 4.92 Å². The first kappa shape index (κ1) is 12.0. The fraction of sp³-hybridized carbons (Fsp3) is 0.556. The molecular weight excluding hydrogens is 248 g/mol. The summed E-state index contributed by atoms with van der Waals surface area (Å²) in [5, 5.41) is 13.7. The fourth-order valence-electron chi connectivity index (χ4n) is 1.66. The monoisotopic (exact) mass is 258 g/mol. The number of hydrogen-bond donors (Lipinski definition) is 1. The van der Waals surface area contributed by atoms with Gasteiger partial charge in [-0.25, -0.2) is 9.97 Å². The number of aromatic nitrogens is 2. The van der Waals surface area contributed by atoms with Crippen molar-refractivity contribution in [3.63, 3.8) is 0 Å². The third-order valence-corrected chi connectivity index (χ3v) is 2.80. The van der Waals surface area contributed by atoms with Crippen molar-refractivity contribution in [2.24, 2.45) is 0 Å².